The number of rotatable bonds is 6. The monoisotopic (exact) mass is 489 g/mol. The van der Waals surface area contributed by atoms with Crippen LogP contribution in [-0.4, -0.2) is 21.3 Å². The molecule has 0 bridgehead atoms. The smallest absolute Gasteiger partial charge is 0.257 e. The van der Waals surface area contributed by atoms with Crippen molar-refractivity contribution in [3.8, 4) is 11.5 Å². The largest absolute Gasteiger partial charge is 0.544 e. The lowest BCUT2D eigenvalue weighted by atomic mass is 9.86. The van der Waals surface area contributed by atoms with Gasteiger partial charge in [0.1, 0.15) is 17.3 Å². The number of benzene rings is 3. The number of carbonyl (C=O) groups excluding carboxylic acids is 1. The SMILES string of the molecule is COc1ccc(/C=C2\C(=O)N(c3ccc(F)cc3)C2c2ccc(O[Si](C)(C)C(C)(C)C)cc2)cc1. The first-order valence-electron chi connectivity index (χ1n) is 11.7. The lowest BCUT2D eigenvalue weighted by Gasteiger charge is -2.43. The van der Waals surface area contributed by atoms with E-state index in [2.05, 4.69) is 33.9 Å². The van der Waals surface area contributed by atoms with Gasteiger partial charge in [0.25, 0.3) is 5.91 Å². The maximum atomic E-state index is 13.5. The van der Waals surface area contributed by atoms with Gasteiger partial charge in [-0.25, -0.2) is 4.39 Å². The Bertz CT molecular complexity index is 1230. The molecule has 4 rings (SSSR count). The molecule has 0 saturated carbocycles. The highest BCUT2D eigenvalue weighted by atomic mass is 28.4. The predicted octanol–water partition coefficient (Wildman–Crippen LogP) is 7.39. The Morgan fingerprint density at radius 2 is 1.46 bits per heavy atom. The summed E-state index contributed by atoms with van der Waals surface area (Å²) in [6.07, 6.45) is 1.91. The molecule has 0 spiro atoms. The number of halogens is 1. The summed E-state index contributed by atoms with van der Waals surface area (Å²) < 4.78 is 25.2. The van der Waals surface area contributed by atoms with Gasteiger partial charge in [0.15, 0.2) is 0 Å². The molecule has 0 aliphatic carbocycles. The molecule has 1 heterocycles. The van der Waals surface area contributed by atoms with Crippen molar-refractivity contribution in [2.45, 2.75) is 44.9 Å². The molecule has 182 valence electrons. The van der Waals surface area contributed by atoms with Crippen LogP contribution in [-0.2, 0) is 4.79 Å². The van der Waals surface area contributed by atoms with Gasteiger partial charge in [-0.05, 0) is 83.9 Å². The van der Waals surface area contributed by atoms with Gasteiger partial charge in [0.05, 0.1) is 13.2 Å². The number of methoxy groups -OCH3 is 1. The van der Waals surface area contributed by atoms with E-state index >= 15 is 0 Å². The molecule has 3 aromatic carbocycles. The van der Waals surface area contributed by atoms with E-state index in [1.807, 2.05) is 54.6 Å². The molecule has 1 amide bonds. The van der Waals surface area contributed by atoms with Crippen LogP contribution in [0.25, 0.3) is 6.08 Å². The first kappa shape index (κ1) is 24.7. The zero-order chi connectivity index (χ0) is 25.4. The fraction of sp³-hybridized carbons (Fsp3) is 0.276. The Balaban J connectivity index is 1.68. The summed E-state index contributed by atoms with van der Waals surface area (Å²) in [6, 6.07) is 21.3. The minimum Gasteiger partial charge on any atom is -0.544 e. The number of hydrogen-bond donors (Lipinski definition) is 0. The third-order valence-corrected chi connectivity index (χ3v) is 11.3. The summed E-state index contributed by atoms with van der Waals surface area (Å²) in [5, 5.41) is 0.0969. The molecular formula is C29H32FNO3Si. The van der Waals surface area contributed by atoms with Crippen molar-refractivity contribution in [2.24, 2.45) is 0 Å². The second-order valence-electron chi connectivity index (χ2n) is 10.4. The van der Waals surface area contributed by atoms with Gasteiger partial charge < -0.3 is 9.16 Å². The highest BCUT2D eigenvalue weighted by Crippen LogP contribution is 2.45. The Kier molecular flexibility index (Phi) is 6.60. The van der Waals surface area contributed by atoms with E-state index in [0.717, 1.165) is 22.6 Å². The Morgan fingerprint density at radius 3 is 2.00 bits per heavy atom. The zero-order valence-corrected chi connectivity index (χ0v) is 22.1. The number of nitrogens with zero attached hydrogens (tertiary/aromatic N) is 1. The van der Waals surface area contributed by atoms with Crippen molar-refractivity contribution in [1.29, 1.82) is 0 Å². The fourth-order valence-electron chi connectivity index (χ4n) is 3.83. The van der Waals surface area contributed by atoms with Crippen molar-refractivity contribution in [3.63, 3.8) is 0 Å². The van der Waals surface area contributed by atoms with Crippen molar-refractivity contribution < 1.29 is 18.3 Å². The van der Waals surface area contributed by atoms with Crippen LogP contribution in [0, 0.1) is 5.82 Å². The molecule has 35 heavy (non-hydrogen) atoms. The van der Waals surface area contributed by atoms with Crippen LogP contribution in [0.5, 0.6) is 11.5 Å². The van der Waals surface area contributed by atoms with Crippen molar-refractivity contribution in [1.82, 2.24) is 0 Å². The lowest BCUT2D eigenvalue weighted by molar-refractivity contribution is -0.118. The Hall–Kier alpha value is -3.38. The van der Waals surface area contributed by atoms with E-state index in [1.54, 1.807) is 24.1 Å². The van der Waals surface area contributed by atoms with E-state index in [0.29, 0.717) is 11.3 Å². The van der Waals surface area contributed by atoms with Crippen LogP contribution in [0.15, 0.2) is 78.4 Å². The molecule has 3 aromatic rings. The Labute approximate surface area is 208 Å². The van der Waals surface area contributed by atoms with Crippen LogP contribution in [0.1, 0.15) is 37.9 Å². The highest BCUT2D eigenvalue weighted by Gasteiger charge is 2.44. The second-order valence-corrected chi connectivity index (χ2v) is 15.1. The second kappa shape index (κ2) is 9.34. The molecule has 1 atom stereocenters. The summed E-state index contributed by atoms with van der Waals surface area (Å²) in [5.74, 6) is 1.16. The molecule has 1 unspecified atom stereocenters. The summed E-state index contributed by atoms with van der Waals surface area (Å²) in [5.41, 5.74) is 3.22. The van der Waals surface area contributed by atoms with E-state index in [9.17, 15) is 9.18 Å². The summed E-state index contributed by atoms with van der Waals surface area (Å²) in [4.78, 5) is 15.0. The van der Waals surface area contributed by atoms with Crippen molar-refractivity contribution in [2.75, 3.05) is 12.0 Å². The van der Waals surface area contributed by atoms with Gasteiger partial charge >= 0.3 is 0 Å². The van der Waals surface area contributed by atoms with Crippen LogP contribution < -0.4 is 14.1 Å². The molecule has 0 radical (unpaired) electrons. The third-order valence-electron chi connectivity index (χ3n) is 6.94. The minimum atomic E-state index is -1.96. The molecule has 4 nitrogen and oxygen atoms in total. The van der Waals surface area contributed by atoms with Gasteiger partial charge in [0, 0.05) is 11.3 Å². The lowest BCUT2D eigenvalue weighted by Crippen LogP contribution is -2.49. The highest BCUT2D eigenvalue weighted by molar-refractivity contribution is 6.74. The molecule has 0 aromatic heterocycles. The van der Waals surface area contributed by atoms with E-state index < -0.39 is 8.32 Å². The van der Waals surface area contributed by atoms with Gasteiger partial charge in [-0.3, -0.25) is 9.69 Å². The minimum absolute atomic E-state index is 0.0969. The topological polar surface area (TPSA) is 38.8 Å². The predicted molar refractivity (Wildman–Crippen MR) is 142 cm³/mol. The molecule has 1 fully saturated rings. The normalized spacial score (nSPS) is 17.3. The molecule has 1 saturated heterocycles. The first-order valence-corrected chi connectivity index (χ1v) is 14.6. The number of carbonyl (C=O) groups is 1. The standard InChI is InChI=1S/C29H32FNO3Si/c1-29(2,3)35(5,6)34-25-17-9-21(10-18-25)27-26(19-20-7-15-24(33-4)16-8-20)28(32)31(27)23-13-11-22(30)12-14-23/h7-19,27H,1-6H3/b26-19-. The maximum Gasteiger partial charge on any atom is 0.257 e. The van der Waals surface area contributed by atoms with Crippen LogP contribution in [0.3, 0.4) is 0 Å². The number of hydrogen-bond acceptors (Lipinski definition) is 3. The van der Waals surface area contributed by atoms with E-state index in [4.69, 9.17) is 9.16 Å². The van der Waals surface area contributed by atoms with Gasteiger partial charge in [-0.2, -0.15) is 0 Å². The van der Waals surface area contributed by atoms with E-state index in [-0.39, 0.29) is 22.8 Å². The van der Waals surface area contributed by atoms with Crippen molar-refractivity contribution in [3.05, 3.63) is 95.3 Å². The van der Waals surface area contributed by atoms with Gasteiger partial charge in [-0.15, -0.1) is 0 Å². The molecule has 6 heteroatoms. The third kappa shape index (κ3) is 5.03. The zero-order valence-electron chi connectivity index (χ0n) is 21.1. The van der Waals surface area contributed by atoms with Crippen LogP contribution in [0.4, 0.5) is 10.1 Å². The average molecular weight is 490 g/mol. The quantitative estimate of drug-likeness (QED) is 0.206. The molecule has 1 aliphatic rings. The number of ether oxygens (including phenoxy) is 1. The number of β-lactam (4-membered cyclic amide) rings is 1. The van der Waals surface area contributed by atoms with Gasteiger partial charge in [0.2, 0.25) is 8.32 Å². The number of anilines is 1. The molecule has 0 N–H and O–H groups in total. The Morgan fingerprint density at radius 1 is 0.886 bits per heavy atom. The van der Waals surface area contributed by atoms with Crippen LogP contribution >= 0.6 is 0 Å². The average Bonchev–Trinajstić information content (AvgIpc) is 2.82. The molecular weight excluding hydrogens is 457 g/mol. The van der Waals surface area contributed by atoms with E-state index in [1.165, 1.54) is 12.1 Å². The summed E-state index contributed by atoms with van der Waals surface area (Å²) in [6.45, 7) is 11.1. The number of amides is 1. The van der Waals surface area contributed by atoms with Gasteiger partial charge in [-0.1, -0.05) is 45.0 Å². The summed E-state index contributed by atoms with van der Waals surface area (Å²) in [7, 11) is -0.338. The fourth-order valence-corrected chi connectivity index (χ4v) is 4.86. The molecule has 1 aliphatic heterocycles. The first-order chi connectivity index (χ1) is 16.5. The maximum absolute atomic E-state index is 13.5. The summed E-state index contributed by atoms with van der Waals surface area (Å²) >= 11 is 0. The van der Waals surface area contributed by atoms with Crippen LogP contribution in [0.2, 0.25) is 18.1 Å². The van der Waals surface area contributed by atoms with Crippen molar-refractivity contribution >= 4 is 26.0 Å².